The van der Waals surface area contributed by atoms with Crippen LogP contribution >= 0.6 is 0 Å². The van der Waals surface area contributed by atoms with E-state index in [0.717, 1.165) is 5.56 Å². The molecule has 15 heavy (non-hydrogen) atoms. The number of rotatable bonds is 1. The van der Waals surface area contributed by atoms with Gasteiger partial charge in [0.25, 0.3) is 0 Å². The van der Waals surface area contributed by atoms with Gasteiger partial charge in [0.05, 0.1) is 5.69 Å². The van der Waals surface area contributed by atoms with Crippen LogP contribution in [0.3, 0.4) is 0 Å². The van der Waals surface area contributed by atoms with Crippen molar-refractivity contribution in [2.24, 2.45) is 0 Å². The van der Waals surface area contributed by atoms with E-state index in [0.29, 0.717) is 12.2 Å². The lowest BCUT2D eigenvalue weighted by atomic mass is 10.2. The van der Waals surface area contributed by atoms with Crippen molar-refractivity contribution >= 4 is 15.9 Å². The van der Waals surface area contributed by atoms with Crippen LogP contribution in [0.5, 0.6) is 0 Å². The summed E-state index contributed by atoms with van der Waals surface area (Å²) in [7, 11) is -3.35. The van der Waals surface area contributed by atoms with E-state index < -0.39 is 10.2 Å². The average Bonchev–Trinajstić information content (AvgIpc) is 2.14. The van der Waals surface area contributed by atoms with Gasteiger partial charge in [-0.25, -0.2) is 0 Å². The standard InChI is InChI=1S/C10H14N2O2S/c1-8(2)12-7-9-5-3-4-6-10(9)11-15(12,13)14/h3-6,8,11H,7H2,1-2H3. The fourth-order valence-electron chi connectivity index (χ4n) is 1.67. The van der Waals surface area contributed by atoms with Gasteiger partial charge in [-0.1, -0.05) is 18.2 Å². The van der Waals surface area contributed by atoms with Crippen LogP contribution in [-0.4, -0.2) is 18.8 Å². The molecule has 1 aliphatic heterocycles. The molecule has 0 fully saturated rings. The summed E-state index contributed by atoms with van der Waals surface area (Å²) in [6.07, 6.45) is 0. The summed E-state index contributed by atoms with van der Waals surface area (Å²) in [5.74, 6) is 0. The Morgan fingerprint density at radius 3 is 2.67 bits per heavy atom. The maximum atomic E-state index is 11.8. The molecule has 0 spiro atoms. The average molecular weight is 226 g/mol. The van der Waals surface area contributed by atoms with E-state index in [1.54, 1.807) is 6.07 Å². The number of nitrogens with one attached hydrogen (secondary N) is 1. The molecule has 0 atom stereocenters. The lowest BCUT2D eigenvalue weighted by Crippen LogP contribution is -2.43. The van der Waals surface area contributed by atoms with Gasteiger partial charge in [-0.3, -0.25) is 4.72 Å². The Balaban J connectivity index is 2.45. The molecule has 1 heterocycles. The van der Waals surface area contributed by atoms with Crippen LogP contribution in [0.15, 0.2) is 24.3 Å². The van der Waals surface area contributed by atoms with Gasteiger partial charge >= 0.3 is 10.2 Å². The molecule has 1 aromatic carbocycles. The number of anilines is 1. The monoisotopic (exact) mass is 226 g/mol. The fourth-order valence-corrected chi connectivity index (χ4v) is 3.13. The summed E-state index contributed by atoms with van der Waals surface area (Å²) in [5, 5.41) is 0. The normalized spacial score (nSPS) is 19.7. The smallest absolute Gasteiger partial charge is 0.271 e. The van der Waals surface area contributed by atoms with Crippen molar-refractivity contribution in [1.29, 1.82) is 0 Å². The molecule has 0 unspecified atom stereocenters. The first-order valence-electron chi connectivity index (χ1n) is 4.88. The SMILES string of the molecule is CC(C)N1Cc2ccccc2NS1(=O)=O. The van der Waals surface area contributed by atoms with Crippen molar-refractivity contribution in [3.05, 3.63) is 29.8 Å². The van der Waals surface area contributed by atoms with E-state index in [-0.39, 0.29) is 6.04 Å². The summed E-state index contributed by atoms with van der Waals surface area (Å²) in [5.41, 5.74) is 1.70. The highest BCUT2D eigenvalue weighted by atomic mass is 32.2. The van der Waals surface area contributed by atoms with Crippen LogP contribution in [-0.2, 0) is 16.8 Å². The second-order valence-corrected chi connectivity index (χ2v) is 5.53. The van der Waals surface area contributed by atoms with Crippen molar-refractivity contribution in [3.8, 4) is 0 Å². The molecule has 5 heteroatoms. The quantitative estimate of drug-likeness (QED) is 0.790. The predicted molar refractivity (Wildman–Crippen MR) is 59.7 cm³/mol. The number of nitrogens with zero attached hydrogens (tertiary/aromatic N) is 1. The van der Waals surface area contributed by atoms with Crippen molar-refractivity contribution in [1.82, 2.24) is 4.31 Å². The number of para-hydroxylation sites is 1. The first-order valence-corrected chi connectivity index (χ1v) is 6.32. The van der Waals surface area contributed by atoms with E-state index in [2.05, 4.69) is 4.72 Å². The molecule has 82 valence electrons. The Morgan fingerprint density at radius 1 is 1.33 bits per heavy atom. The van der Waals surface area contributed by atoms with Crippen LogP contribution in [0.4, 0.5) is 5.69 Å². The third kappa shape index (κ3) is 1.85. The summed E-state index contributed by atoms with van der Waals surface area (Å²) < 4.78 is 27.6. The van der Waals surface area contributed by atoms with E-state index in [1.165, 1.54) is 4.31 Å². The van der Waals surface area contributed by atoms with Gasteiger partial charge in [0.1, 0.15) is 0 Å². The van der Waals surface area contributed by atoms with Crippen molar-refractivity contribution < 1.29 is 8.42 Å². The Labute approximate surface area is 90.1 Å². The van der Waals surface area contributed by atoms with Gasteiger partial charge in [-0.2, -0.15) is 12.7 Å². The third-order valence-corrected chi connectivity index (χ3v) is 4.11. The number of hydrogen-bond acceptors (Lipinski definition) is 2. The Bertz CT molecular complexity index is 468. The molecule has 0 radical (unpaired) electrons. The Morgan fingerprint density at radius 2 is 2.00 bits per heavy atom. The van der Waals surface area contributed by atoms with Gasteiger partial charge in [0.2, 0.25) is 0 Å². The summed E-state index contributed by atoms with van der Waals surface area (Å²) in [4.78, 5) is 0. The fraction of sp³-hybridized carbons (Fsp3) is 0.400. The van der Waals surface area contributed by atoms with E-state index in [1.807, 2.05) is 32.0 Å². The first-order chi connectivity index (χ1) is 7.00. The maximum absolute atomic E-state index is 11.8. The molecule has 0 bridgehead atoms. The topological polar surface area (TPSA) is 49.4 Å². The van der Waals surface area contributed by atoms with Crippen molar-refractivity contribution in [3.63, 3.8) is 0 Å². The third-order valence-electron chi connectivity index (χ3n) is 2.47. The van der Waals surface area contributed by atoms with Gasteiger partial charge in [0.15, 0.2) is 0 Å². The molecule has 0 aliphatic carbocycles. The van der Waals surface area contributed by atoms with E-state index >= 15 is 0 Å². The zero-order valence-electron chi connectivity index (χ0n) is 8.77. The van der Waals surface area contributed by atoms with E-state index in [4.69, 9.17) is 0 Å². The summed E-state index contributed by atoms with van der Waals surface area (Å²) in [6.45, 7) is 4.18. The second kappa shape index (κ2) is 3.50. The van der Waals surface area contributed by atoms with Crippen molar-refractivity contribution in [2.75, 3.05) is 4.72 Å². The molecular weight excluding hydrogens is 212 g/mol. The number of fused-ring (bicyclic) bond motifs is 1. The van der Waals surface area contributed by atoms with Gasteiger partial charge in [-0.05, 0) is 25.5 Å². The molecular formula is C10H14N2O2S. The Hall–Kier alpha value is -1.07. The summed E-state index contributed by atoms with van der Waals surface area (Å²) >= 11 is 0. The largest absolute Gasteiger partial charge is 0.302 e. The van der Waals surface area contributed by atoms with Crippen molar-refractivity contribution in [2.45, 2.75) is 26.4 Å². The molecule has 1 aromatic rings. The molecule has 1 aliphatic rings. The maximum Gasteiger partial charge on any atom is 0.302 e. The predicted octanol–water partition coefficient (Wildman–Crippen LogP) is 1.57. The van der Waals surface area contributed by atoms with Crippen LogP contribution < -0.4 is 4.72 Å². The minimum Gasteiger partial charge on any atom is -0.271 e. The lowest BCUT2D eigenvalue weighted by Gasteiger charge is -2.31. The zero-order chi connectivity index (χ0) is 11.1. The molecule has 0 saturated carbocycles. The molecule has 0 aromatic heterocycles. The molecule has 0 amide bonds. The highest BCUT2D eigenvalue weighted by molar-refractivity contribution is 7.90. The van der Waals surface area contributed by atoms with Crippen LogP contribution in [0.2, 0.25) is 0 Å². The molecule has 1 N–H and O–H groups in total. The molecule has 2 rings (SSSR count). The highest BCUT2D eigenvalue weighted by Crippen LogP contribution is 2.27. The molecule has 0 saturated heterocycles. The summed E-state index contributed by atoms with van der Waals surface area (Å²) in [6, 6.07) is 7.43. The zero-order valence-corrected chi connectivity index (χ0v) is 9.58. The minimum atomic E-state index is -3.35. The van der Waals surface area contributed by atoms with Crippen LogP contribution in [0.1, 0.15) is 19.4 Å². The molecule has 4 nitrogen and oxygen atoms in total. The van der Waals surface area contributed by atoms with Gasteiger partial charge in [0, 0.05) is 12.6 Å². The van der Waals surface area contributed by atoms with Gasteiger partial charge in [-0.15, -0.1) is 0 Å². The lowest BCUT2D eigenvalue weighted by molar-refractivity contribution is 0.347. The van der Waals surface area contributed by atoms with Crippen LogP contribution in [0, 0.1) is 0 Å². The van der Waals surface area contributed by atoms with Crippen LogP contribution in [0.25, 0.3) is 0 Å². The number of hydrogen-bond donors (Lipinski definition) is 1. The van der Waals surface area contributed by atoms with E-state index in [9.17, 15) is 8.42 Å². The highest BCUT2D eigenvalue weighted by Gasteiger charge is 2.30. The minimum absolute atomic E-state index is 0.0316. The van der Waals surface area contributed by atoms with Gasteiger partial charge < -0.3 is 0 Å². The second-order valence-electron chi connectivity index (χ2n) is 3.90. The Kier molecular flexibility index (Phi) is 2.44. The first kappa shape index (κ1) is 10.4. The number of benzene rings is 1.